The molecule has 5 heteroatoms. The van der Waals surface area contributed by atoms with E-state index in [1.54, 1.807) is 18.4 Å². The van der Waals surface area contributed by atoms with Gasteiger partial charge in [-0.15, -0.1) is 0 Å². The Balaban J connectivity index is 1.47. The molecule has 1 amide bonds. The van der Waals surface area contributed by atoms with Gasteiger partial charge in [-0.1, -0.05) is 24.3 Å². The lowest BCUT2D eigenvalue weighted by molar-refractivity contribution is 0.0949. The molecule has 0 fully saturated rings. The first-order valence-electron chi connectivity index (χ1n) is 8.05. The largest absolute Gasteiger partial charge is 0.464 e. The molecular formula is C20H17N3O2. The number of rotatable bonds is 4. The van der Waals surface area contributed by atoms with Crippen LogP contribution in [0, 0.1) is 0 Å². The van der Waals surface area contributed by atoms with Crippen LogP contribution in [0.15, 0.2) is 71.3 Å². The van der Waals surface area contributed by atoms with Crippen molar-refractivity contribution in [2.45, 2.75) is 6.54 Å². The zero-order chi connectivity index (χ0) is 17.2. The van der Waals surface area contributed by atoms with Gasteiger partial charge in [0.2, 0.25) is 0 Å². The number of aromatic nitrogens is 2. The van der Waals surface area contributed by atoms with Gasteiger partial charge >= 0.3 is 0 Å². The molecule has 0 aliphatic heterocycles. The Hall–Kier alpha value is -3.34. The number of benzene rings is 2. The second kappa shape index (κ2) is 6.28. The molecule has 124 valence electrons. The third kappa shape index (κ3) is 2.92. The van der Waals surface area contributed by atoms with Crippen molar-refractivity contribution < 1.29 is 9.21 Å². The fourth-order valence-electron chi connectivity index (χ4n) is 2.84. The number of nitrogens with zero attached hydrogens (tertiary/aromatic N) is 2. The van der Waals surface area contributed by atoms with Gasteiger partial charge in [-0.2, -0.15) is 0 Å². The van der Waals surface area contributed by atoms with E-state index < -0.39 is 0 Å². The Morgan fingerprint density at radius 2 is 1.88 bits per heavy atom. The number of nitrogens with one attached hydrogen (secondary N) is 1. The summed E-state index contributed by atoms with van der Waals surface area (Å²) < 4.78 is 7.35. The van der Waals surface area contributed by atoms with E-state index in [2.05, 4.69) is 10.3 Å². The molecule has 4 rings (SSSR count). The van der Waals surface area contributed by atoms with Crippen LogP contribution in [0.25, 0.3) is 22.4 Å². The maximum Gasteiger partial charge on any atom is 0.251 e. The minimum Gasteiger partial charge on any atom is -0.464 e. The average molecular weight is 331 g/mol. The molecule has 0 bridgehead atoms. The van der Waals surface area contributed by atoms with E-state index >= 15 is 0 Å². The summed E-state index contributed by atoms with van der Waals surface area (Å²) in [5.41, 5.74) is 3.53. The number of imidazole rings is 1. The first-order chi connectivity index (χ1) is 12.2. The molecule has 0 atom stereocenters. The molecule has 2 heterocycles. The topological polar surface area (TPSA) is 60.1 Å². The smallest absolute Gasteiger partial charge is 0.251 e. The number of fused-ring (bicyclic) bond motifs is 1. The number of carbonyl (C=O) groups excluding carboxylic acids is 1. The highest BCUT2D eigenvalue weighted by Gasteiger charge is 2.10. The van der Waals surface area contributed by atoms with Crippen LogP contribution < -0.4 is 5.32 Å². The van der Waals surface area contributed by atoms with E-state index in [0.29, 0.717) is 12.1 Å². The number of furan rings is 1. The van der Waals surface area contributed by atoms with Crippen molar-refractivity contribution in [3.8, 4) is 11.3 Å². The van der Waals surface area contributed by atoms with Gasteiger partial charge < -0.3 is 14.3 Å². The molecular weight excluding hydrogens is 314 g/mol. The van der Waals surface area contributed by atoms with Crippen molar-refractivity contribution in [1.82, 2.24) is 14.9 Å². The highest BCUT2D eigenvalue weighted by molar-refractivity contribution is 5.94. The highest BCUT2D eigenvalue weighted by Crippen LogP contribution is 2.20. The summed E-state index contributed by atoms with van der Waals surface area (Å²) in [6.45, 7) is 0.379. The van der Waals surface area contributed by atoms with Crippen molar-refractivity contribution in [3.05, 3.63) is 78.3 Å². The standard InChI is InChI=1S/C20H17N3O2/c1-23-17-6-3-2-5-16(17)22-19(23)13-21-20(24)15-10-8-14(9-11-15)18-7-4-12-25-18/h2-12H,13H2,1H3,(H,21,24). The third-order valence-electron chi connectivity index (χ3n) is 4.24. The van der Waals surface area contributed by atoms with E-state index in [1.165, 1.54) is 0 Å². The number of para-hydroxylation sites is 2. The molecule has 5 nitrogen and oxygen atoms in total. The number of hydrogen-bond acceptors (Lipinski definition) is 3. The quantitative estimate of drug-likeness (QED) is 0.619. The van der Waals surface area contributed by atoms with Crippen LogP contribution in [-0.4, -0.2) is 15.5 Å². The third-order valence-corrected chi connectivity index (χ3v) is 4.24. The predicted molar refractivity (Wildman–Crippen MR) is 96.0 cm³/mol. The second-order valence-corrected chi connectivity index (χ2v) is 5.81. The fourth-order valence-corrected chi connectivity index (χ4v) is 2.84. The second-order valence-electron chi connectivity index (χ2n) is 5.81. The molecule has 2 aromatic carbocycles. The zero-order valence-corrected chi connectivity index (χ0v) is 13.8. The first-order valence-corrected chi connectivity index (χ1v) is 8.05. The highest BCUT2D eigenvalue weighted by atomic mass is 16.3. The number of amides is 1. The average Bonchev–Trinajstić information content (AvgIpc) is 3.29. The molecule has 1 N–H and O–H groups in total. The van der Waals surface area contributed by atoms with Crippen LogP contribution >= 0.6 is 0 Å². The molecule has 0 spiro atoms. The summed E-state index contributed by atoms with van der Waals surface area (Å²) >= 11 is 0. The molecule has 4 aromatic rings. The Labute approximate surface area is 144 Å². The Morgan fingerprint density at radius 3 is 2.60 bits per heavy atom. The van der Waals surface area contributed by atoms with Gasteiger partial charge in [0.15, 0.2) is 0 Å². The molecule has 0 unspecified atom stereocenters. The van der Waals surface area contributed by atoms with Crippen LogP contribution in [0.3, 0.4) is 0 Å². The lowest BCUT2D eigenvalue weighted by Crippen LogP contribution is -2.24. The van der Waals surface area contributed by atoms with Crippen LogP contribution in [-0.2, 0) is 13.6 Å². The number of carbonyl (C=O) groups is 1. The van der Waals surface area contributed by atoms with Gasteiger partial charge in [0, 0.05) is 18.2 Å². The molecule has 0 radical (unpaired) electrons. The van der Waals surface area contributed by atoms with Crippen molar-refractivity contribution in [2.75, 3.05) is 0 Å². The molecule has 0 saturated heterocycles. The normalized spacial score (nSPS) is 10.9. The SMILES string of the molecule is Cn1c(CNC(=O)c2ccc(-c3ccco3)cc2)nc2ccccc21. The Bertz CT molecular complexity index is 1010. The summed E-state index contributed by atoms with van der Waals surface area (Å²) in [6, 6.07) is 19.0. The predicted octanol–water partition coefficient (Wildman–Crippen LogP) is 3.76. The minimum atomic E-state index is -0.127. The van der Waals surface area contributed by atoms with Crippen LogP contribution in [0.2, 0.25) is 0 Å². The Kier molecular flexibility index (Phi) is 3.82. The zero-order valence-electron chi connectivity index (χ0n) is 13.8. The molecule has 0 aliphatic carbocycles. The number of aryl methyl sites for hydroxylation is 1. The molecule has 0 saturated carbocycles. The van der Waals surface area contributed by atoms with E-state index in [4.69, 9.17) is 4.42 Å². The summed E-state index contributed by atoms with van der Waals surface area (Å²) in [5.74, 6) is 1.48. The van der Waals surface area contributed by atoms with Crippen molar-refractivity contribution in [3.63, 3.8) is 0 Å². The summed E-state index contributed by atoms with van der Waals surface area (Å²) in [6.07, 6.45) is 1.63. The van der Waals surface area contributed by atoms with E-state index in [1.807, 2.05) is 60.1 Å². The van der Waals surface area contributed by atoms with Crippen molar-refractivity contribution in [2.24, 2.45) is 7.05 Å². The van der Waals surface area contributed by atoms with Crippen molar-refractivity contribution in [1.29, 1.82) is 0 Å². The van der Waals surface area contributed by atoms with Gasteiger partial charge in [0.1, 0.15) is 11.6 Å². The van der Waals surface area contributed by atoms with Crippen LogP contribution in [0.4, 0.5) is 0 Å². The van der Waals surface area contributed by atoms with Crippen LogP contribution in [0.1, 0.15) is 16.2 Å². The lowest BCUT2D eigenvalue weighted by Gasteiger charge is -2.06. The molecule has 2 aromatic heterocycles. The van der Waals surface area contributed by atoms with Crippen molar-refractivity contribution >= 4 is 16.9 Å². The summed E-state index contributed by atoms with van der Waals surface area (Å²) in [4.78, 5) is 16.9. The van der Waals surface area contributed by atoms with Crippen LogP contribution in [0.5, 0.6) is 0 Å². The Morgan fingerprint density at radius 1 is 1.08 bits per heavy atom. The van der Waals surface area contributed by atoms with Gasteiger partial charge in [0.25, 0.3) is 5.91 Å². The van der Waals surface area contributed by atoms with Gasteiger partial charge in [-0.25, -0.2) is 4.98 Å². The van der Waals surface area contributed by atoms with Gasteiger partial charge in [0.05, 0.1) is 23.8 Å². The van der Waals surface area contributed by atoms with E-state index in [9.17, 15) is 4.79 Å². The molecule has 25 heavy (non-hydrogen) atoms. The van der Waals surface area contributed by atoms with E-state index in [0.717, 1.165) is 28.2 Å². The monoisotopic (exact) mass is 331 g/mol. The minimum absolute atomic E-state index is 0.127. The molecule has 0 aliphatic rings. The van der Waals surface area contributed by atoms with Gasteiger partial charge in [-0.3, -0.25) is 4.79 Å². The summed E-state index contributed by atoms with van der Waals surface area (Å²) in [5, 5.41) is 2.93. The fraction of sp³-hybridized carbons (Fsp3) is 0.100. The number of hydrogen-bond donors (Lipinski definition) is 1. The lowest BCUT2D eigenvalue weighted by atomic mass is 10.1. The first kappa shape index (κ1) is 15.2. The van der Waals surface area contributed by atoms with Gasteiger partial charge in [-0.05, 0) is 36.4 Å². The van der Waals surface area contributed by atoms with E-state index in [-0.39, 0.29) is 5.91 Å². The maximum absolute atomic E-state index is 12.4. The maximum atomic E-state index is 12.4. The summed E-state index contributed by atoms with van der Waals surface area (Å²) in [7, 11) is 1.95.